The van der Waals surface area contributed by atoms with E-state index in [1.807, 2.05) is 24.6 Å². The Morgan fingerprint density at radius 2 is 2.15 bits per heavy atom. The Morgan fingerprint density at radius 1 is 1.38 bits per heavy atom. The second-order valence-electron chi connectivity index (χ2n) is 6.65. The van der Waals surface area contributed by atoms with E-state index in [1.165, 1.54) is 6.92 Å². The third kappa shape index (κ3) is 3.66. The first-order valence-corrected chi connectivity index (χ1v) is 10.2. The van der Waals surface area contributed by atoms with Crippen molar-refractivity contribution in [3.8, 4) is 0 Å². The van der Waals surface area contributed by atoms with Crippen molar-refractivity contribution in [3.05, 3.63) is 42.0 Å². The number of nitrogens with zero attached hydrogens (tertiary/aromatic N) is 3. The lowest BCUT2D eigenvalue weighted by Gasteiger charge is -2.20. The molecule has 1 aromatic carbocycles. The van der Waals surface area contributed by atoms with E-state index in [2.05, 4.69) is 9.71 Å². The molecule has 26 heavy (non-hydrogen) atoms. The molecule has 1 atom stereocenters. The molecule has 0 aliphatic carbocycles. The van der Waals surface area contributed by atoms with Gasteiger partial charge in [0.25, 0.3) is 0 Å². The minimum atomic E-state index is -3.57. The molecule has 7 nitrogen and oxygen atoms in total. The van der Waals surface area contributed by atoms with Gasteiger partial charge in [-0.1, -0.05) is 0 Å². The van der Waals surface area contributed by atoms with E-state index in [0.717, 1.165) is 17.1 Å². The summed E-state index contributed by atoms with van der Waals surface area (Å²) >= 11 is 0. The van der Waals surface area contributed by atoms with Crippen LogP contribution in [-0.4, -0.2) is 36.5 Å². The third-order valence-electron chi connectivity index (χ3n) is 4.71. The van der Waals surface area contributed by atoms with Gasteiger partial charge in [0.05, 0.1) is 4.90 Å². The van der Waals surface area contributed by atoms with Crippen LogP contribution in [0.15, 0.2) is 35.5 Å². The van der Waals surface area contributed by atoms with Gasteiger partial charge < -0.3 is 9.47 Å². The number of imidazole rings is 1. The largest absolute Gasteiger partial charge is 0.335 e. The molecule has 2 aromatic rings. The highest BCUT2D eigenvalue weighted by molar-refractivity contribution is 7.89. The number of carbonyl (C=O) groups is 1. The Balaban J connectivity index is 1.66. The number of nitrogens with one attached hydrogen (secondary N) is 1. The normalized spacial score (nSPS) is 16.7. The van der Waals surface area contributed by atoms with Crippen LogP contribution < -0.4 is 9.62 Å². The standard InChI is InChI=1S/C18H24N4O3S/c1-13-11-16-12-17(5-6-18(16)22(13)15(3)23)26(24,25)20-7-4-9-21-10-8-19-14(21)2/h5-6,8,10,12-13,20H,4,7,9,11H2,1-3H3. The van der Waals surface area contributed by atoms with Crippen LogP contribution in [0.1, 0.15) is 31.7 Å². The summed E-state index contributed by atoms with van der Waals surface area (Å²) in [6.45, 7) is 6.47. The molecule has 1 unspecified atom stereocenters. The molecule has 3 rings (SSSR count). The van der Waals surface area contributed by atoms with E-state index in [-0.39, 0.29) is 16.8 Å². The maximum Gasteiger partial charge on any atom is 0.240 e. The summed E-state index contributed by atoms with van der Waals surface area (Å²) in [6, 6.07) is 5.02. The van der Waals surface area contributed by atoms with Crippen LogP contribution >= 0.6 is 0 Å². The zero-order chi connectivity index (χ0) is 18.9. The van der Waals surface area contributed by atoms with Crippen molar-refractivity contribution in [2.24, 2.45) is 0 Å². The predicted molar refractivity (Wildman–Crippen MR) is 99.5 cm³/mol. The minimum absolute atomic E-state index is 0.0280. The van der Waals surface area contributed by atoms with Crippen LogP contribution in [0.25, 0.3) is 0 Å². The number of sulfonamides is 1. The van der Waals surface area contributed by atoms with E-state index < -0.39 is 10.0 Å². The molecule has 140 valence electrons. The Morgan fingerprint density at radius 3 is 2.81 bits per heavy atom. The molecule has 2 heterocycles. The van der Waals surface area contributed by atoms with Crippen molar-refractivity contribution in [3.63, 3.8) is 0 Å². The topological polar surface area (TPSA) is 84.3 Å². The van der Waals surface area contributed by atoms with Crippen molar-refractivity contribution >= 4 is 21.6 Å². The molecule has 1 aromatic heterocycles. The summed E-state index contributed by atoms with van der Waals surface area (Å²) in [4.78, 5) is 17.9. The SMILES string of the molecule is CC(=O)N1c2ccc(S(=O)(=O)NCCCn3ccnc3C)cc2CC1C. The first kappa shape index (κ1) is 18.6. The molecular formula is C18H24N4O3S. The molecule has 0 spiro atoms. The second-order valence-corrected chi connectivity index (χ2v) is 8.42. The Labute approximate surface area is 154 Å². The van der Waals surface area contributed by atoms with Crippen LogP contribution in [0.2, 0.25) is 0 Å². The van der Waals surface area contributed by atoms with E-state index in [1.54, 1.807) is 29.3 Å². The number of carbonyl (C=O) groups excluding carboxylic acids is 1. The van der Waals surface area contributed by atoms with E-state index in [4.69, 9.17) is 0 Å². The number of fused-ring (bicyclic) bond motifs is 1. The van der Waals surface area contributed by atoms with Crippen molar-refractivity contribution in [2.75, 3.05) is 11.4 Å². The molecular weight excluding hydrogens is 352 g/mol. The molecule has 1 aliphatic heterocycles. The number of aromatic nitrogens is 2. The smallest absolute Gasteiger partial charge is 0.240 e. The lowest BCUT2D eigenvalue weighted by Crippen LogP contribution is -2.33. The number of hydrogen-bond acceptors (Lipinski definition) is 4. The number of amides is 1. The van der Waals surface area contributed by atoms with Crippen molar-refractivity contribution in [1.29, 1.82) is 0 Å². The van der Waals surface area contributed by atoms with Gasteiger partial charge in [0.2, 0.25) is 15.9 Å². The monoisotopic (exact) mass is 376 g/mol. The summed E-state index contributed by atoms with van der Waals surface area (Å²) in [5.74, 6) is 0.885. The Hall–Kier alpha value is -2.19. The van der Waals surface area contributed by atoms with Crippen molar-refractivity contribution in [1.82, 2.24) is 14.3 Å². The second kappa shape index (κ2) is 7.20. The van der Waals surface area contributed by atoms with Crippen LogP contribution in [0.5, 0.6) is 0 Å². The Bertz CT molecular complexity index is 920. The maximum atomic E-state index is 12.5. The summed E-state index contributed by atoms with van der Waals surface area (Å²) in [6.07, 6.45) is 4.95. The molecule has 8 heteroatoms. The number of anilines is 1. The van der Waals surface area contributed by atoms with E-state index in [9.17, 15) is 13.2 Å². The van der Waals surface area contributed by atoms with Crippen molar-refractivity contribution in [2.45, 2.75) is 51.1 Å². The predicted octanol–water partition coefficient (Wildman–Crippen LogP) is 1.86. The molecule has 0 radical (unpaired) electrons. The third-order valence-corrected chi connectivity index (χ3v) is 6.17. The van der Waals surface area contributed by atoms with Crippen LogP contribution in [-0.2, 0) is 27.8 Å². The average molecular weight is 376 g/mol. The maximum absolute atomic E-state index is 12.5. The van der Waals surface area contributed by atoms with Gasteiger partial charge in [-0.05, 0) is 50.5 Å². The van der Waals surface area contributed by atoms with Crippen LogP contribution in [0.3, 0.4) is 0 Å². The first-order valence-electron chi connectivity index (χ1n) is 8.70. The van der Waals surface area contributed by atoms with Gasteiger partial charge >= 0.3 is 0 Å². The summed E-state index contributed by atoms with van der Waals surface area (Å²) < 4.78 is 29.7. The van der Waals surface area contributed by atoms with Gasteiger partial charge in [0, 0.05) is 44.1 Å². The minimum Gasteiger partial charge on any atom is -0.335 e. The van der Waals surface area contributed by atoms with Gasteiger partial charge in [-0.15, -0.1) is 0 Å². The highest BCUT2D eigenvalue weighted by Crippen LogP contribution is 2.33. The van der Waals surface area contributed by atoms with Gasteiger partial charge in [-0.25, -0.2) is 18.1 Å². The molecule has 0 fully saturated rings. The van der Waals surface area contributed by atoms with Gasteiger partial charge in [-0.3, -0.25) is 4.79 Å². The fourth-order valence-electron chi connectivity index (χ4n) is 3.43. The zero-order valence-electron chi connectivity index (χ0n) is 15.3. The average Bonchev–Trinajstić information content (AvgIpc) is 3.12. The van der Waals surface area contributed by atoms with Gasteiger partial charge in [-0.2, -0.15) is 0 Å². The quantitative estimate of drug-likeness (QED) is 0.780. The molecule has 0 saturated heterocycles. The fourth-order valence-corrected chi connectivity index (χ4v) is 4.56. The molecule has 1 amide bonds. The summed E-state index contributed by atoms with van der Waals surface area (Å²) in [5.41, 5.74) is 1.70. The summed E-state index contributed by atoms with van der Waals surface area (Å²) in [7, 11) is -3.57. The molecule has 1 N–H and O–H groups in total. The van der Waals surface area contributed by atoms with Crippen LogP contribution in [0.4, 0.5) is 5.69 Å². The first-order chi connectivity index (χ1) is 12.3. The van der Waals surface area contributed by atoms with Gasteiger partial charge in [0.1, 0.15) is 5.82 Å². The molecule has 1 aliphatic rings. The number of aryl methyl sites for hydroxylation is 2. The fraction of sp³-hybridized carbons (Fsp3) is 0.444. The highest BCUT2D eigenvalue weighted by Gasteiger charge is 2.30. The van der Waals surface area contributed by atoms with Crippen LogP contribution in [0, 0.1) is 6.92 Å². The van der Waals surface area contributed by atoms with E-state index in [0.29, 0.717) is 25.9 Å². The Kier molecular flexibility index (Phi) is 5.15. The zero-order valence-corrected chi connectivity index (χ0v) is 16.1. The molecule has 0 bridgehead atoms. The molecule has 0 saturated carbocycles. The van der Waals surface area contributed by atoms with Crippen molar-refractivity contribution < 1.29 is 13.2 Å². The lowest BCUT2D eigenvalue weighted by molar-refractivity contribution is -0.116. The van der Waals surface area contributed by atoms with E-state index >= 15 is 0 Å². The van der Waals surface area contributed by atoms with Gasteiger partial charge in [0.15, 0.2) is 0 Å². The number of hydrogen-bond donors (Lipinski definition) is 1. The number of rotatable bonds is 6. The lowest BCUT2D eigenvalue weighted by atomic mass is 10.1. The number of benzene rings is 1. The highest BCUT2D eigenvalue weighted by atomic mass is 32.2. The summed E-state index contributed by atoms with van der Waals surface area (Å²) in [5, 5.41) is 0.